The van der Waals surface area contributed by atoms with Crippen molar-refractivity contribution in [1.82, 2.24) is 34.2 Å². The molecule has 0 aliphatic carbocycles. The van der Waals surface area contributed by atoms with Crippen LogP contribution in [0.2, 0.25) is 0 Å². The van der Waals surface area contributed by atoms with Gasteiger partial charge < -0.3 is 14.0 Å². The van der Waals surface area contributed by atoms with Gasteiger partial charge in [-0.1, -0.05) is 0 Å². The average molecular weight is 385 g/mol. The highest BCUT2D eigenvalue weighted by atomic mass is 32.1. The lowest BCUT2D eigenvalue weighted by molar-refractivity contribution is 0.0707. The van der Waals surface area contributed by atoms with Crippen molar-refractivity contribution in [1.29, 1.82) is 0 Å². The number of piperidine rings is 1. The van der Waals surface area contributed by atoms with E-state index in [-0.39, 0.29) is 11.8 Å². The van der Waals surface area contributed by atoms with E-state index >= 15 is 0 Å². The molecule has 3 aromatic rings. The van der Waals surface area contributed by atoms with Gasteiger partial charge in [-0.25, -0.2) is 9.97 Å². The highest BCUT2D eigenvalue weighted by Crippen LogP contribution is 2.28. The number of imidazole rings is 1. The number of likely N-dealkylation sites (tertiary alicyclic amines) is 1. The Kier molecular flexibility index (Phi) is 4.77. The van der Waals surface area contributed by atoms with E-state index in [1.54, 1.807) is 12.5 Å². The lowest BCUT2D eigenvalue weighted by Gasteiger charge is -2.32. The first-order chi connectivity index (χ1) is 13.0. The average Bonchev–Trinajstić information content (AvgIpc) is 3.37. The Morgan fingerprint density at radius 3 is 2.89 bits per heavy atom. The van der Waals surface area contributed by atoms with E-state index < -0.39 is 0 Å². The molecule has 1 aliphatic heterocycles. The summed E-state index contributed by atoms with van der Waals surface area (Å²) in [6.45, 7) is 5.94. The zero-order valence-electron chi connectivity index (χ0n) is 15.8. The van der Waals surface area contributed by atoms with Gasteiger partial charge in [-0.3, -0.25) is 4.79 Å². The van der Waals surface area contributed by atoms with Gasteiger partial charge in [0.1, 0.15) is 10.7 Å². The van der Waals surface area contributed by atoms with Crippen LogP contribution in [0.4, 0.5) is 0 Å². The number of rotatable bonds is 4. The molecule has 4 heterocycles. The Balaban J connectivity index is 1.51. The topological polar surface area (TPSA) is 81.7 Å². The van der Waals surface area contributed by atoms with Crippen LogP contribution in [0.1, 0.15) is 50.8 Å². The Morgan fingerprint density at radius 2 is 2.19 bits per heavy atom. The number of hydrogen-bond acceptors (Lipinski definition) is 6. The third-order valence-electron chi connectivity index (χ3n) is 5.05. The molecule has 1 amide bonds. The molecule has 1 fully saturated rings. The molecule has 0 unspecified atom stereocenters. The number of thiazole rings is 1. The van der Waals surface area contributed by atoms with Crippen molar-refractivity contribution in [3.05, 3.63) is 45.9 Å². The summed E-state index contributed by atoms with van der Waals surface area (Å²) in [7, 11) is 2.00. The van der Waals surface area contributed by atoms with Gasteiger partial charge in [0.05, 0.1) is 23.6 Å². The third kappa shape index (κ3) is 3.51. The smallest absolute Gasteiger partial charge is 0.265 e. The van der Waals surface area contributed by atoms with Crippen LogP contribution < -0.4 is 0 Å². The molecule has 4 rings (SSSR count). The lowest BCUT2D eigenvalue weighted by atomic mass is 9.97. The van der Waals surface area contributed by atoms with Gasteiger partial charge in [-0.15, -0.1) is 21.5 Å². The normalized spacial score (nSPS) is 17.4. The summed E-state index contributed by atoms with van der Waals surface area (Å²) in [6.07, 6.45) is 7.42. The molecule has 0 saturated carbocycles. The predicted octanol–water partition coefficient (Wildman–Crippen LogP) is 2.15. The fourth-order valence-electron chi connectivity index (χ4n) is 3.66. The van der Waals surface area contributed by atoms with Gasteiger partial charge in [0.15, 0.2) is 5.82 Å². The minimum Gasteiger partial charge on any atom is -0.337 e. The first kappa shape index (κ1) is 17.8. The van der Waals surface area contributed by atoms with Crippen molar-refractivity contribution in [2.75, 3.05) is 13.1 Å². The first-order valence-electron chi connectivity index (χ1n) is 9.10. The molecule has 0 radical (unpaired) electrons. The van der Waals surface area contributed by atoms with E-state index in [1.165, 1.54) is 11.3 Å². The maximum Gasteiger partial charge on any atom is 0.265 e. The Morgan fingerprint density at radius 1 is 1.33 bits per heavy atom. The van der Waals surface area contributed by atoms with Gasteiger partial charge in [-0.2, -0.15) is 0 Å². The molecule has 0 bridgehead atoms. The van der Waals surface area contributed by atoms with Crippen LogP contribution in [-0.4, -0.2) is 53.2 Å². The van der Waals surface area contributed by atoms with E-state index in [0.717, 1.165) is 46.6 Å². The SMILES string of the molecule is Cc1nc(C)c(C(=O)N2CCC[C@@H](c3nnc(Cn4ccnc4)n3C)C2)s1. The van der Waals surface area contributed by atoms with Gasteiger partial charge >= 0.3 is 0 Å². The summed E-state index contributed by atoms with van der Waals surface area (Å²) >= 11 is 1.48. The van der Waals surface area contributed by atoms with E-state index in [0.29, 0.717) is 13.1 Å². The lowest BCUT2D eigenvalue weighted by Crippen LogP contribution is -2.39. The molecule has 3 aromatic heterocycles. The maximum atomic E-state index is 13.0. The quantitative estimate of drug-likeness (QED) is 0.687. The zero-order valence-corrected chi connectivity index (χ0v) is 16.6. The van der Waals surface area contributed by atoms with Crippen molar-refractivity contribution in [2.45, 2.75) is 39.2 Å². The molecule has 0 N–H and O–H groups in total. The van der Waals surface area contributed by atoms with Gasteiger partial charge in [0.2, 0.25) is 0 Å². The summed E-state index contributed by atoms with van der Waals surface area (Å²) in [5, 5.41) is 9.74. The van der Waals surface area contributed by atoms with Gasteiger partial charge in [0.25, 0.3) is 5.91 Å². The summed E-state index contributed by atoms with van der Waals surface area (Å²) in [5.74, 6) is 2.12. The van der Waals surface area contributed by atoms with Crippen molar-refractivity contribution in [2.24, 2.45) is 7.05 Å². The number of nitrogens with zero attached hydrogens (tertiary/aromatic N) is 7. The van der Waals surface area contributed by atoms with Crippen LogP contribution in [0.15, 0.2) is 18.7 Å². The van der Waals surface area contributed by atoms with Crippen molar-refractivity contribution in [3.8, 4) is 0 Å². The monoisotopic (exact) mass is 385 g/mol. The highest BCUT2D eigenvalue weighted by molar-refractivity contribution is 7.13. The zero-order chi connectivity index (χ0) is 19.0. The molecule has 1 aliphatic rings. The summed E-state index contributed by atoms with van der Waals surface area (Å²) in [5.41, 5.74) is 0.825. The molecule has 8 nitrogen and oxygen atoms in total. The Bertz CT molecular complexity index is 943. The van der Waals surface area contributed by atoms with Crippen molar-refractivity contribution in [3.63, 3.8) is 0 Å². The molecule has 142 valence electrons. The van der Waals surface area contributed by atoms with Crippen molar-refractivity contribution >= 4 is 17.2 Å². The summed E-state index contributed by atoms with van der Waals surface area (Å²) in [4.78, 5) is 24.1. The maximum absolute atomic E-state index is 13.0. The summed E-state index contributed by atoms with van der Waals surface area (Å²) < 4.78 is 4.03. The van der Waals surface area contributed by atoms with Crippen LogP contribution >= 0.6 is 11.3 Å². The van der Waals surface area contributed by atoms with Crippen LogP contribution in [0.5, 0.6) is 0 Å². The van der Waals surface area contributed by atoms with E-state index in [9.17, 15) is 4.79 Å². The molecule has 27 heavy (non-hydrogen) atoms. The van der Waals surface area contributed by atoms with Crippen LogP contribution in [0, 0.1) is 13.8 Å². The minimum atomic E-state index is 0.0867. The number of carbonyl (C=O) groups excluding carboxylic acids is 1. The molecule has 0 spiro atoms. The van der Waals surface area contributed by atoms with Gasteiger partial charge in [0, 0.05) is 38.4 Å². The Hall–Kier alpha value is -2.55. The fraction of sp³-hybridized carbons (Fsp3) is 0.500. The second kappa shape index (κ2) is 7.22. The second-order valence-corrected chi connectivity index (χ2v) is 8.21. The van der Waals surface area contributed by atoms with Gasteiger partial charge in [-0.05, 0) is 26.7 Å². The van der Waals surface area contributed by atoms with Crippen LogP contribution in [0.3, 0.4) is 0 Å². The highest BCUT2D eigenvalue weighted by Gasteiger charge is 2.30. The first-order valence-corrected chi connectivity index (χ1v) is 9.91. The van der Waals surface area contributed by atoms with E-state index in [4.69, 9.17) is 0 Å². The fourth-order valence-corrected chi connectivity index (χ4v) is 4.55. The van der Waals surface area contributed by atoms with Crippen LogP contribution in [0.25, 0.3) is 0 Å². The molecular formula is C18H23N7OS. The number of hydrogen-bond donors (Lipinski definition) is 0. The number of amides is 1. The molecule has 1 atom stereocenters. The molecular weight excluding hydrogens is 362 g/mol. The largest absolute Gasteiger partial charge is 0.337 e. The molecule has 9 heteroatoms. The second-order valence-electron chi connectivity index (χ2n) is 7.01. The van der Waals surface area contributed by atoms with Crippen LogP contribution in [-0.2, 0) is 13.6 Å². The van der Waals surface area contributed by atoms with E-state index in [2.05, 4.69) is 24.7 Å². The number of carbonyl (C=O) groups is 1. The summed E-state index contributed by atoms with van der Waals surface area (Å²) in [6, 6.07) is 0. The Labute approximate surface area is 161 Å². The number of aryl methyl sites for hydroxylation is 2. The standard InChI is InChI=1S/C18H23N7OS/c1-12-16(27-13(2)20-12)18(26)25-7-4-5-14(9-25)17-22-21-15(23(17)3)10-24-8-6-19-11-24/h6,8,11,14H,4-5,7,9-10H2,1-3H3/t14-/m1/s1. The molecule has 1 saturated heterocycles. The minimum absolute atomic E-state index is 0.0867. The van der Waals surface area contributed by atoms with E-state index in [1.807, 2.05) is 36.6 Å². The molecule has 0 aromatic carbocycles. The predicted molar refractivity (Wildman–Crippen MR) is 102 cm³/mol. The number of aromatic nitrogens is 6. The van der Waals surface area contributed by atoms with Crippen molar-refractivity contribution < 1.29 is 4.79 Å². The third-order valence-corrected chi connectivity index (χ3v) is 6.11.